The van der Waals surface area contributed by atoms with Crippen LogP contribution in [0.5, 0.6) is 0 Å². The Hall–Kier alpha value is -1.41. The minimum absolute atomic E-state index is 0.417. The van der Waals surface area contributed by atoms with Crippen molar-refractivity contribution in [2.45, 2.75) is 38.6 Å². The summed E-state index contributed by atoms with van der Waals surface area (Å²) in [6, 6.07) is 13.2. The molecule has 100 valence electrons. The molecule has 19 heavy (non-hydrogen) atoms. The van der Waals surface area contributed by atoms with Crippen molar-refractivity contribution >= 4 is 10.9 Å². The standard InChI is InChI=1S/C17H22N2/c1-2-18-17(12-13-6-5-7-13)16-11-10-14-8-3-4-9-15(14)19-16/h3-4,8-11,13,17-18H,2,5-7,12H2,1H3. The number of hydrogen-bond donors (Lipinski definition) is 1. The van der Waals surface area contributed by atoms with Gasteiger partial charge in [0.05, 0.1) is 11.2 Å². The first-order chi connectivity index (χ1) is 9.36. The van der Waals surface area contributed by atoms with Crippen molar-refractivity contribution in [3.8, 4) is 0 Å². The molecule has 1 aliphatic carbocycles. The van der Waals surface area contributed by atoms with Crippen LogP contribution in [0.3, 0.4) is 0 Å². The average molecular weight is 254 g/mol. The molecule has 1 N–H and O–H groups in total. The summed E-state index contributed by atoms with van der Waals surface area (Å²) < 4.78 is 0. The van der Waals surface area contributed by atoms with E-state index >= 15 is 0 Å². The summed E-state index contributed by atoms with van der Waals surface area (Å²) in [5, 5.41) is 4.83. The van der Waals surface area contributed by atoms with E-state index < -0.39 is 0 Å². The van der Waals surface area contributed by atoms with E-state index in [1.807, 2.05) is 0 Å². The Morgan fingerprint density at radius 1 is 1.21 bits per heavy atom. The van der Waals surface area contributed by atoms with Gasteiger partial charge in [0.2, 0.25) is 0 Å². The van der Waals surface area contributed by atoms with Crippen LogP contribution >= 0.6 is 0 Å². The SMILES string of the molecule is CCNC(CC1CCC1)c1ccc2ccccc2n1. The molecule has 0 radical (unpaired) electrons. The fourth-order valence-electron chi connectivity index (χ4n) is 2.89. The van der Waals surface area contributed by atoms with Gasteiger partial charge in [0.25, 0.3) is 0 Å². The summed E-state index contributed by atoms with van der Waals surface area (Å²) in [7, 11) is 0. The van der Waals surface area contributed by atoms with Crippen LogP contribution in [0.25, 0.3) is 10.9 Å². The van der Waals surface area contributed by atoms with Gasteiger partial charge in [0, 0.05) is 11.4 Å². The fourth-order valence-corrected chi connectivity index (χ4v) is 2.89. The average Bonchev–Trinajstić information content (AvgIpc) is 2.41. The highest BCUT2D eigenvalue weighted by atomic mass is 14.9. The van der Waals surface area contributed by atoms with Gasteiger partial charge in [-0.15, -0.1) is 0 Å². The quantitative estimate of drug-likeness (QED) is 0.869. The van der Waals surface area contributed by atoms with E-state index in [9.17, 15) is 0 Å². The van der Waals surface area contributed by atoms with Crippen LogP contribution in [0.15, 0.2) is 36.4 Å². The molecule has 3 rings (SSSR count). The molecular formula is C17H22N2. The molecule has 2 nitrogen and oxygen atoms in total. The summed E-state index contributed by atoms with van der Waals surface area (Å²) in [6.45, 7) is 3.18. The zero-order valence-corrected chi connectivity index (χ0v) is 11.6. The molecule has 0 spiro atoms. The molecule has 0 aliphatic heterocycles. The van der Waals surface area contributed by atoms with Crippen molar-refractivity contribution in [1.82, 2.24) is 10.3 Å². The molecule has 2 aromatic rings. The topological polar surface area (TPSA) is 24.9 Å². The summed E-state index contributed by atoms with van der Waals surface area (Å²) in [6.07, 6.45) is 5.44. The van der Waals surface area contributed by atoms with Crippen molar-refractivity contribution < 1.29 is 0 Å². The van der Waals surface area contributed by atoms with E-state index in [1.54, 1.807) is 0 Å². The second-order valence-corrected chi connectivity index (χ2v) is 5.57. The van der Waals surface area contributed by atoms with E-state index in [0.717, 1.165) is 18.0 Å². The Morgan fingerprint density at radius 3 is 2.79 bits per heavy atom. The van der Waals surface area contributed by atoms with Crippen molar-refractivity contribution in [3.05, 3.63) is 42.1 Å². The summed E-state index contributed by atoms with van der Waals surface area (Å²) in [5.74, 6) is 0.900. The Labute approximate surface area is 115 Å². The summed E-state index contributed by atoms with van der Waals surface area (Å²) in [5.41, 5.74) is 2.31. The van der Waals surface area contributed by atoms with Crippen molar-refractivity contribution in [1.29, 1.82) is 0 Å². The van der Waals surface area contributed by atoms with Crippen molar-refractivity contribution in [3.63, 3.8) is 0 Å². The summed E-state index contributed by atoms with van der Waals surface area (Å²) >= 11 is 0. The Bertz CT molecular complexity index is 546. The predicted octanol–water partition coefficient (Wildman–Crippen LogP) is 4.08. The van der Waals surface area contributed by atoms with Gasteiger partial charge in [-0.3, -0.25) is 4.98 Å². The van der Waals surface area contributed by atoms with E-state index in [2.05, 4.69) is 48.6 Å². The van der Waals surface area contributed by atoms with E-state index in [4.69, 9.17) is 4.98 Å². The molecule has 2 heteroatoms. The Kier molecular flexibility index (Phi) is 3.79. The lowest BCUT2D eigenvalue weighted by atomic mass is 9.80. The normalized spacial score (nSPS) is 17.3. The highest BCUT2D eigenvalue weighted by Crippen LogP contribution is 2.34. The number of aromatic nitrogens is 1. The van der Waals surface area contributed by atoms with Crippen LogP contribution in [0, 0.1) is 5.92 Å². The summed E-state index contributed by atoms with van der Waals surface area (Å²) in [4.78, 5) is 4.84. The van der Waals surface area contributed by atoms with E-state index in [0.29, 0.717) is 6.04 Å². The third-order valence-electron chi connectivity index (χ3n) is 4.22. The molecule has 1 aromatic heterocycles. The fraction of sp³-hybridized carbons (Fsp3) is 0.471. The Morgan fingerprint density at radius 2 is 2.05 bits per heavy atom. The van der Waals surface area contributed by atoms with Crippen molar-refractivity contribution in [2.24, 2.45) is 5.92 Å². The largest absolute Gasteiger partial charge is 0.309 e. The predicted molar refractivity (Wildman–Crippen MR) is 80.1 cm³/mol. The number of pyridine rings is 1. The minimum atomic E-state index is 0.417. The van der Waals surface area contributed by atoms with Crippen LogP contribution in [-0.2, 0) is 0 Å². The molecule has 0 saturated heterocycles. The lowest BCUT2D eigenvalue weighted by Crippen LogP contribution is -2.26. The first-order valence-electron chi connectivity index (χ1n) is 7.46. The molecule has 1 saturated carbocycles. The second-order valence-electron chi connectivity index (χ2n) is 5.57. The van der Waals surface area contributed by atoms with Crippen molar-refractivity contribution in [2.75, 3.05) is 6.54 Å². The molecule has 1 aliphatic rings. The lowest BCUT2D eigenvalue weighted by molar-refractivity contribution is 0.260. The molecule has 1 heterocycles. The number of nitrogens with zero attached hydrogens (tertiary/aromatic N) is 1. The van der Waals surface area contributed by atoms with Crippen LogP contribution in [0.1, 0.15) is 44.3 Å². The number of benzene rings is 1. The van der Waals surface area contributed by atoms with Gasteiger partial charge in [0.1, 0.15) is 0 Å². The highest BCUT2D eigenvalue weighted by Gasteiger charge is 2.23. The number of para-hydroxylation sites is 1. The molecular weight excluding hydrogens is 232 g/mol. The van der Waals surface area contributed by atoms with Gasteiger partial charge in [-0.25, -0.2) is 0 Å². The maximum absolute atomic E-state index is 4.84. The third kappa shape index (κ3) is 2.79. The van der Waals surface area contributed by atoms with Gasteiger partial charge in [-0.05, 0) is 31.0 Å². The molecule has 0 amide bonds. The molecule has 1 atom stereocenters. The Balaban J connectivity index is 1.85. The maximum Gasteiger partial charge on any atom is 0.0706 e. The molecule has 1 fully saturated rings. The zero-order valence-electron chi connectivity index (χ0n) is 11.6. The van der Waals surface area contributed by atoms with E-state index in [1.165, 1.54) is 36.8 Å². The van der Waals surface area contributed by atoms with Crippen LogP contribution < -0.4 is 5.32 Å². The smallest absolute Gasteiger partial charge is 0.0706 e. The maximum atomic E-state index is 4.84. The monoisotopic (exact) mass is 254 g/mol. The van der Waals surface area contributed by atoms with Gasteiger partial charge < -0.3 is 5.32 Å². The lowest BCUT2D eigenvalue weighted by Gasteiger charge is -2.30. The molecule has 1 aromatic carbocycles. The molecule has 1 unspecified atom stereocenters. The highest BCUT2D eigenvalue weighted by molar-refractivity contribution is 5.78. The number of hydrogen-bond acceptors (Lipinski definition) is 2. The number of rotatable bonds is 5. The van der Waals surface area contributed by atoms with Gasteiger partial charge in [-0.1, -0.05) is 50.5 Å². The number of nitrogens with one attached hydrogen (secondary N) is 1. The van der Waals surface area contributed by atoms with Gasteiger partial charge in [-0.2, -0.15) is 0 Å². The minimum Gasteiger partial charge on any atom is -0.309 e. The zero-order chi connectivity index (χ0) is 13.1. The molecule has 0 bridgehead atoms. The first kappa shape index (κ1) is 12.6. The van der Waals surface area contributed by atoms with Crippen LogP contribution in [0.4, 0.5) is 0 Å². The second kappa shape index (κ2) is 5.70. The van der Waals surface area contributed by atoms with E-state index in [-0.39, 0.29) is 0 Å². The first-order valence-corrected chi connectivity index (χ1v) is 7.46. The van der Waals surface area contributed by atoms with Gasteiger partial charge >= 0.3 is 0 Å². The third-order valence-corrected chi connectivity index (χ3v) is 4.22. The van der Waals surface area contributed by atoms with Crippen LogP contribution in [0.2, 0.25) is 0 Å². The van der Waals surface area contributed by atoms with Gasteiger partial charge in [0.15, 0.2) is 0 Å². The van der Waals surface area contributed by atoms with Crippen LogP contribution in [-0.4, -0.2) is 11.5 Å². The number of fused-ring (bicyclic) bond motifs is 1.